The van der Waals surface area contributed by atoms with Gasteiger partial charge in [0.25, 0.3) is 0 Å². The molecule has 0 unspecified atom stereocenters. The van der Waals surface area contributed by atoms with Gasteiger partial charge in [0.05, 0.1) is 11.9 Å². The smallest absolute Gasteiger partial charge is 0.203 e. The van der Waals surface area contributed by atoms with E-state index in [2.05, 4.69) is 71.8 Å². The highest BCUT2D eigenvalue weighted by atomic mass is 15.2. The average Bonchev–Trinajstić information content (AvgIpc) is 2.98. The molecule has 3 rings (SSSR count). The lowest BCUT2D eigenvalue weighted by molar-refractivity contribution is 0.611. The van der Waals surface area contributed by atoms with Gasteiger partial charge >= 0.3 is 0 Å². The molecule has 110 valence electrons. The van der Waals surface area contributed by atoms with Crippen LogP contribution in [0.5, 0.6) is 0 Å². The van der Waals surface area contributed by atoms with E-state index in [1.807, 2.05) is 6.20 Å². The van der Waals surface area contributed by atoms with Crippen LogP contribution in [0.15, 0.2) is 30.5 Å². The third-order valence-corrected chi connectivity index (χ3v) is 3.80. The average molecular weight is 282 g/mol. The highest BCUT2D eigenvalue weighted by Gasteiger charge is 2.18. The van der Waals surface area contributed by atoms with Gasteiger partial charge in [0.2, 0.25) is 5.95 Å². The topological polar surface area (TPSA) is 45.6 Å². The van der Waals surface area contributed by atoms with Crippen LogP contribution in [0, 0.1) is 6.92 Å². The van der Waals surface area contributed by atoms with Crippen molar-refractivity contribution in [3.8, 4) is 11.3 Å². The van der Waals surface area contributed by atoms with Gasteiger partial charge in [0, 0.05) is 34.7 Å². The number of aryl methyl sites for hydroxylation is 1. The van der Waals surface area contributed by atoms with Gasteiger partial charge in [-0.1, -0.05) is 18.2 Å². The number of hydrogen-bond donors (Lipinski definition) is 2. The van der Waals surface area contributed by atoms with Gasteiger partial charge in [0.15, 0.2) is 0 Å². The largest absolute Gasteiger partial charge is 0.358 e. The third-order valence-electron chi connectivity index (χ3n) is 3.80. The van der Waals surface area contributed by atoms with Crippen LogP contribution in [0.25, 0.3) is 22.2 Å². The zero-order chi connectivity index (χ0) is 15.0. The van der Waals surface area contributed by atoms with Crippen LogP contribution in [-0.4, -0.2) is 21.1 Å². The van der Waals surface area contributed by atoms with Crippen molar-refractivity contribution >= 4 is 16.9 Å². The molecule has 0 bridgehead atoms. The molecule has 0 spiro atoms. The standard InChI is InChI=1S/C17H22N4/c1-5-18-17-19-10-15(21(17)11(2)3)16-12(4)20-14-9-7-6-8-13(14)16/h6-11,20H,5H2,1-4H3,(H,18,19). The Morgan fingerprint density at radius 3 is 2.76 bits per heavy atom. The lowest BCUT2D eigenvalue weighted by Crippen LogP contribution is -2.10. The summed E-state index contributed by atoms with van der Waals surface area (Å²) in [5, 5.41) is 4.60. The number of anilines is 1. The molecule has 4 heteroatoms. The summed E-state index contributed by atoms with van der Waals surface area (Å²) in [6.45, 7) is 9.47. The van der Waals surface area contributed by atoms with Crippen molar-refractivity contribution in [3.05, 3.63) is 36.2 Å². The van der Waals surface area contributed by atoms with Crippen LogP contribution in [-0.2, 0) is 0 Å². The van der Waals surface area contributed by atoms with E-state index >= 15 is 0 Å². The number of H-pyrrole nitrogens is 1. The zero-order valence-electron chi connectivity index (χ0n) is 13.1. The van der Waals surface area contributed by atoms with Gasteiger partial charge in [-0.2, -0.15) is 0 Å². The third kappa shape index (κ3) is 2.20. The highest BCUT2D eigenvalue weighted by Crippen LogP contribution is 2.35. The van der Waals surface area contributed by atoms with Gasteiger partial charge in [-0.15, -0.1) is 0 Å². The Kier molecular flexibility index (Phi) is 3.45. The van der Waals surface area contributed by atoms with Gasteiger partial charge in [0.1, 0.15) is 0 Å². The molecular formula is C17H22N4. The van der Waals surface area contributed by atoms with E-state index in [-0.39, 0.29) is 0 Å². The maximum Gasteiger partial charge on any atom is 0.203 e. The number of imidazole rings is 1. The molecule has 0 atom stereocenters. The lowest BCUT2D eigenvalue weighted by atomic mass is 10.1. The van der Waals surface area contributed by atoms with Crippen LogP contribution in [0.2, 0.25) is 0 Å². The quantitative estimate of drug-likeness (QED) is 0.747. The number of para-hydroxylation sites is 1. The van der Waals surface area contributed by atoms with Crippen molar-refractivity contribution < 1.29 is 0 Å². The normalized spacial score (nSPS) is 11.5. The first-order valence-corrected chi connectivity index (χ1v) is 7.52. The molecule has 0 radical (unpaired) electrons. The number of aromatic amines is 1. The first-order chi connectivity index (χ1) is 10.1. The summed E-state index contributed by atoms with van der Waals surface area (Å²) in [6, 6.07) is 8.78. The zero-order valence-corrected chi connectivity index (χ0v) is 13.1. The SMILES string of the molecule is CCNc1ncc(-c2c(C)[nH]c3ccccc23)n1C(C)C. The summed E-state index contributed by atoms with van der Waals surface area (Å²) >= 11 is 0. The van der Waals surface area contributed by atoms with E-state index in [4.69, 9.17) is 0 Å². The molecule has 0 saturated carbocycles. The number of nitrogens with one attached hydrogen (secondary N) is 2. The fraction of sp³-hybridized carbons (Fsp3) is 0.353. The fourth-order valence-corrected chi connectivity index (χ4v) is 2.96. The van der Waals surface area contributed by atoms with Crippen molar-refractivity contribution in [2.24, 2.45) is 0 Å². The van der Waals surface area contributed by atoms with Gasteiger partial charge in [-0.25, -0.2) is 4.98 Å². The lowest BCUT2D eigenvalue weighted by Gasteiger charge is -2.16. The van der Waals surface area contributed by atoms with Crippen LogP contribution < -0.4 is 5.32 Å². The minimum atomic E-state index is 0.351. The van der Waals surface area contributed by atoms with Crippen LogP contribution >= 0.6 is 0 Å². The first kappa shape index (κ1) is 13.7. The summed E-state index contributed by atoms with van der Waals surface area (Å²) in [7, 11) is 0. The number of nitrogens with zero attached hydrogens (tertiary/aromatic N) is 2. The monoisotopic (exact) mass is 282 g/mol. The Morgan fingerprint density at radius 1 is 1.29 bits per heavy atom. The second-order valence-corrected chi connectivity index (χ2v) is 5.63. The Labute approximate surface area is 125 Å². The van der Waals surface area contributed by atoms with Crippen LogP contribution in [0.4, 0.5) is 5.95 Å². The Bertz CT molecular complexity index is 764. The van der Waals surface area contributed by atoms with Crippen molar-refractivity contribution in [1.82, 2.24) is 14.5 Å². The molecule has 21 heavy (non-hydrogen) atoms. The molecule has 2 heterocycles. The van der Waals surface area contributed by atoms with Crippen LogP contribution in [0.1, 0.15) is 32.5 Å². The first-order valence-electron chi connectivity index (χ1n) is 7.52. The van der Waals surface area contributed by atoms with Crippen molar-refractivity contribution in [2.45, 2.75) is 33.7 Å². The van der Waals surface area contributed by atoms with E-state index in [0.29, 0.717) is 6.04 Å². The molecule has 0 aliphatic heterocycles. The number of aromatic nitrogens is 3. The van der Waals surface area contributed by atoms with E-state index in [1.54, 1.807) is 0 Å². The molecule has 0 saturated heterocycles. The summed E-state index contributed by atoms with van der Waals surface area (Å²) in [5.41, 5.74) is 4.76. The predicted octanol–water partition coefficient (Wildman–Crippen LogP) is 4.35. The Balaban J connectivity index is 2.25. The fourth-order valence-electron chi connectivity index (χ4n) is 2.96. The molecule has 2 N–H and O–H groups in total. The van der Waals surface area contributed by atoms with E-state index in [9.17, 15) is 0 Å². The maximum absolute atomic E-state index is 4.57. The molecule has 3 aromatic rings. The number of rotatable bonds is 4. The molecule has 0 amide bonds. The molecule has 0 fully saturated rings. The Hall–Kier alpha value is -2.23. The molecule has 0 aliphatic carbocycles. The summed E-state index contributed by atoms with van der Waals surface area (Å²) in [6.07, 6.45) is 1.97. The maximum atomic E-state index is 4.57. The minimum absolute atomic E-state index is 0.351. The highest BCUT2D eigenvalue weighted by molar-refractivity contribution is 5.96. The number of hydrogen-bond acceptors (Lipinski definition) is 2. The molecular weight excluding hydrogens is 260 g/mol. The van der Waals surface area contributed by atoms with Crippen molar-refractivity contribution in [1.29, 1.82) is 0 Å². The summed E-state index contributed by atoms with van der Waals surface area (Å²) < 4.78 is 2.27. The molecule has 0 aliphatic rings. The van der Waals surface area contributed by atoms with Gasteiger partial charge in [-0.05, 0) is 33.8 Å². The van der Waals surface area contributed by atoms with Crippen LogP contribution in [0.3, 0.4) is 0 Å². The number of benzene rings is 1. The second-order valence-electron chi connectivity index (χ2n) is 5.63. The number of fused-ring (bicyclic) bond motifs is 1. The van der Waals surface area contributed by atoms with Gasteiger partial charge in [-0.3, -0.25) is 0 Å². The summed E-state index contributed by atoms with van der Waals surface area (Å²) in [4.78, 5) is 8.04. The summed E-state index contributed by atoms with van der Waals surface area (Å²) in [5.74, 6) is 0.937. The molecule has 4 nitrogen and oxygen atoms in total. The van der Waals surface area contributed by atoms with Crippen molar-refractivity contribution in [3.63, 3.8) is 0 Å². The predicted molar refractivity (Wildman–Crippen MR) is 88.8 cm³/mol. The van der Waals surface area contributed by atoms with E-state index in [1.165, 1.54) is 22.2 Å². The molecule has 2 aromatic heterocycles. The van der Waals surface area contributed by atoms with Gasteiger partial charge < -0.3 is 14.9 Å². The Morgan fingerprint density at radius 2 is 2.05 bits per heavy atom. The van der Waals surface area contributed by atoms with Crippen molar-refractivity contribution in [2.75, 3.05) is 11.9 Å². The van der Waals surface area contributed by atoms with E-state index < -0.39 is 0 Å². The minimum Gasteiger partial charge on any atom is -0.358 e. The van der Waals surface area contributed by atoms with E-state index in [0.717, 1.165) is 18.2 Å². The molecule has 1 aromatic carbocycles. The second kappa shape index (κ2) is 5.28.